The molecular formula is C56H42O12. The number of benzene rings is 8. The van der Waals surface area contributed by atoms with E-state index in [-0.39, 0.29) is 57.5 Å². The second kappa shape index (κ2) is 15.9. The zero-order valence-corrected chi connectivity index (χ0v) is 35.8. The standard InChI is InChI=1S/C56H42O12/c57-33-10-4-28(5-11-33)49-51(42-23-40(64)26-47-53(42)54(43-22-39(63)24-45(66)52(43)49)56(68-47)30-8-14-35(59)15-9-30)41-17-27(2-16-44(41)65)1-3-31-18-38(62)25-46-48(31)50(32-19-36(60)21-37(61)20-32)55(67-46)29-6-12-34(58)13-7-29/h1-26,49-51,54-66H/b3-1+/t49-,50?,51+,54+,55?,56-/m1/s1. The SMILES string of the molecule is Oc1ccc(C2Oc3cc(O)cc(/C=C/c4ccc(O)c([C@H]5c6cc(O)cc7c6[C@H](c6cc(O)cc(O)c6[C@@H]5c5ccc(O)cc5)[C@@H](c5ccc(O)cc5)O7)c4)c3C2c2cc(O)cc(O)c2)cc1. The largest absolute Gasteiger partial charge is 0.508 e. The van der Waals surface area contributed by atoms with E-state index in [4.69, 9.17) is 9.47 Å². The second-order valence-electron chi connectivity index (χ2n) is 17.6. The minimum Gasteiger partial charge on any atom is -0.508 e. The van der Waals surface area contributed by atoms with E-state index in [9.17, 15) is 51.1 Å². The van der Waals surface area contributed by atoms with E-state index < -0.39 is 35.9 Å². The molecule has 338 valence electrons. The molecule has 12 nitrogen and oxygen atoms in total. The molecule has 2 unspecified atom stereocenters. The fourth-order valence-corrected chi connectivity index (χ4v) is 10.6. The number of phenols is 10. The van der Waals surface area contributed by atoms with Crippen LogP contribution < -0.4 is 9.47 Å². The highest BCUT2D eigenvalue weighted by molar-refractivity contribution is 5.77. The maximum atomic E-state index is 12.1. The van der Waals surface area contributed by atoms with Crippen LogP contribution in [-0.4, -0.2) is 51.1 Å². The van der Waals surface area contributed by atoms with E-state index >= 15 is 0 Å². The molecule has 0 radical (unpaired) electrons. The molecule has 0 amide bonds. The Bertz CT molecular complexity index is 3310. The number of hydrogen-bond acceptors (Lipinski definition) is 12. The van der Waals surface area contributed by atoms with Gasteiger partial charge in [-0.3, -0.25) is 0 Å². The summed E-state index contributed by atoms with van der Waals surface area (Å²) in [6.45, 7) is 0. The van der Waals surface area contributed by atoms with Crippen molar-refractivity contribution in [1.29, 1.82) is 0 Å². The van der Waals surface area contributed by atoms with Gasteiger partial charge in [-0.25, -0.2) is 0 Å². The van der Waals surface area contributed by atoms with Crippen molar-refractivity contribution >= 4 is 12.2 Å². The predicted molar refractivity (Wildman–Crippen MR) is 251 cm³/mol. The van der Waals surface area contributed by atoms with Crippen molar-refractivity contribution < 1.29 is 60.5 Å². The Morgan fingerprint density at radius 3 is 1.41 bits per heavy atom. The first-order chi connectivity index (χ1) is 32.8. The molecule has 8 aromatic rings. The summed E-state index contributed by atoms with van der Waals surface area (Å²) in [6, 6.07) is 38.0. The van der Waals surface area contributed by atoms with Crippen LogP contribution in [-0.2, 0) is 0 Å². The summed E-state index contributed by atoms with van der Waals surface area (Å²) in [5.41, 5.74) is 6.91. The van der Waals surface area contributed by atoms with Gasteiger partial charge in [0.05, 0.1) is 11.8 Å². The molecule has 0 saturated carbocycles. The van der Waals surface area contributed by atoms with Gasteiger partial charge in [-0.05, 0) is 123 Å². The fraction of sp³-hybridized carbons (Fsp3) is 0.107. The molecule has 6 atom stereocenters. The molecule has 0 bridgehead atoms. The summed E-state index contributed by atoms with van der Waals surface area (Å²) < 4.78 is 13.2. The zero-order valence-electron chi connectivity index (χ0n) is 35.8. The van der Waals surface area contributed by atoms with Crippen LogP contribution in [0, 0.1) is 0 Å². The third kappa shape index (κ3) is 7.10. The highest BCUT2D eigenvalue weighted by Gasteiger charge is 2.48. The monoisotopic (exact) mass is 906 g/mol. The Balaban J connectivity index is 1.10. The summed E-state index contributed by atoms with van der Waals surface area (Å²) >= 11 is 0. The molecule has 0 aromatic heterocycles. The van der Waals surface area contributed by atoms with Crippen molar-refractivity contribution in [2.75, 3.05) is 0 Å². The number of aromatic hydroxyl groups is 10. The van der Waals surface area contributed by atoms with Crippen molar-refractivity contribution in [2.45, 2.75) is 35.9 Å². The minimum atomic E-state index is -0.859. The van der Waals surface area contributed by atoms with Gasteiger partial charge in [-0.15, -0.1) is 0 Å². The fourth-order valence-electron chi connectivity index (χ4n) is 10.6. The highest BCUT2D eigenvalue weighted by Crippen LogP contribution is 2.63. The van der Waals surface area contributed by atoms with Crippen LogP contribution in [0.1, 0.15) is 103 Å². The molecule has 0 spiro atoms. The van der Waals surface area contributed by atoms with E-state index in [0.717, 1.165) is 0 Å². The van der Waals surface area contributed by atoms with Gasteiger partial charge in [-0.1, -0.05) is 54.6 Å². The van der Waals surface area contributed by atoms with Crippen molar-refractivity contribution in [3.05, 3.63) is 212 Å². The normalized spacial score (nSPS) is 19.9. The smallest absolute Gasteiger partial charge is 0.135 e. The quantitative estimate of drug-likeness (QED) is 0.0675. The maximum absolute atomic E-state index is 12.1. The number of rotatable bonds is 7. The van der Waals surface area contributed by atoms with Crippen molar-refractivity contribution in [3.8, 4) is 69.0 Å². The third-order valence-electron chi connectivity index (χ3n) is 13.4. The van der Waals surface area contributed by atoms with Crippen LogP contribution in [0.5, 0.6) is 69.0 Å². The van der Waals surface area contributed by atoms with Crippen molar-refractivity contribution in [3.63, 3.8) is 0 Å². The van der Waals surface area contributed by atoms with E-state index in [0.29, 0.717) is 78.3 Å². The van der Waals surface area contributed by atoms with E-state index in [1.54, 1.807) is 97.1 Å². The minimum absolute atomic E-state index is 0.00509. The Morgan fingerprint density at radius 1 is 0.309 bits per heavy atom. The average molecular weight is 907 g/mol. The Kier molecular flexibility index (Phi) is 9.78. The van der Waals surface area contributed by atoms with Gasteiger partial charge >= 0.3 is 0 Å². The third-order valence-corrected chi connectivity index (χ3v) is 13.4. The van der Waals surface area contributed by atoms with Crippen molar-refractivity contribution in [2.24, 2.45) is 0 Å². The average Bonchev–Trinajstić information content (AvgIpc) is 3.84. The molecular weight excluding hydrogens is 865 g/mol. The predicted octanol–water partition coefficient (Wildman–Crippen LogP) is 10.7. The lowest BCUT2D eigenvalue weighted by Crippen LogP contribution is -2.16. The molecule has 68 heavy (non-hydrogen) atoms. The van der Waals surface area contributed by atoms with Gasteiger partial charge in [0.25, 0.3) is 0 Å². The Labute approximate surface area is 388 Å². The summed E-state index contributed by atoms with van der Waals surface area (Å²) in [5.74, 6) is -3.17. The van der Waals surface area contributed by atoms with Gasteiger partial charge in [-0.2, -0.15) is 0 Å². The lowest BCUT2D eigenvalue weighted by atomic mass is 9.72. The van der Waals surface area contributed by atoms with Crippen LogP contribution >= 0.6 is 0 Å². The van der Waals surface area contributed by atoms with E-state index in [1.807, 2.05) is 0 Å². The lowest BCUT2D eigenvalue weighted by molar-refractivity contribution is 0.221. The van der Waals surface area contributed by atoms with Crippen LogP contribution in [0.25, 0.3) is 12.2 Å². The van der Waals surface area contributed by atoms with Gasteiger partial charge in [0.15, 0.2) is 0 Å². The molecule has 3 aliphatic rings. The van der Waals surface area contributed by atoms with E-state index in [1.165, 1.54) is 60.7 Å². The van der Waals surface area contributed by atoms with Crippen LogP contribution in [0.4, 0.5) is 0 Å². The summed E-state index contributed by atoms with van der Waals surface area (Å²) in [5, 5.41) is 110. The number of phenolic OH excluding ortho intramolecular Hbond substituents is 10. The molecule has 12 heteroatoms. The van der Waals surface area contributed by atoms with Gasteiger partial charge < -0.3 is 60.5 Å². The summed E-state index contributed by atoms with van der Waals surface area (Å²) in [6.07, 6.45) is 2.15. The molecule has 2 heterocycles. The number of fused-ring (bicyclic) bond motifs is 3. The molecule has 0 saturated heterocycles. The maximum Gasteiger partial charge on any atom is 0.135 e. The van der Waals surface area contributed by atoms with Crippen LogP contribution in [0.2, 0.25) is 0 Å². The topological polar surface area (TPSA) is 221 Å². The first-order valence-corrected chi connectivity index (χ1v) is 21.8. The highest BCUT2D eigenvalue weighted by atomic mass is 16.5. The Morgan fingerprint density at radius 2 is 0.809 bits per heavy atom. The second-order valence-corrected chi connectivity index (χ2v) is 17.6. The first kappa shape index (κ1) is 41.8. The Hall–Kier alpha value is -8.90. The van der Waals surface area contributed by atoms with Gasteiger partial charge in [0.1, 0.15) is 81.2 Å². The summed E-state index contributed by atoms with van der Waals surface area (Å²) in [7, 11) is 0. The first-order valence-electron chi connectivity index (χ1n) is 21.8. The van der Waals surface area contributed by atoms with Crippen molar-refractivity contribution in [1.82, 2.24) is 0 Å². The lowest BCUT2D eigenvalue weighted by Gasteiger charge is -2.31. The zero-order chi connectivity index (χ0) is 47.1. The van der Waals surface area contributed by atoms with Crippen LogP contribution in [0.15, 0.2) is 146 Å². The molecule has 1 aliphatic carbocycles. The number of hydrogen-bond donors (Lipinski definition) is 10. The molecule has 2 aliphatic heterocycles. The van der Waals surface area contributed by atoms with Gasteiger partial charge in [0.2, 0.25) is 0 Å². The molecule has 0 fully saturated rings. The van der Waals surface area contributed by atoms with Gasteiger partial charge in [0, 0.05) is 58.4 Å². The molecule has 8 aromatic carbocycles. The van der Waals surface area contributed by atoms with Crippen LogP contribution in [0.3, 0.4) is 0 Å². The molecule has 11 rings (SSSR count). The molecule has 10 N–H and O–H groups in total. The number of ether oxygens (including phenoxy) is 2. The summed E-state index contributed by atoms with van der Waals surface area (Å²) in [4.78, 5) is 0. The van der Waals surface area contributed by atoms with E-state index in [2.05, 4.69) is 0 Å².